The number of carbonyl (C=O) groups excluding carboxylic acids is 1. The molecule has 0 unspecified atom stereocenters. The fourth-order valence-electron chi connectivity index (χ4n) is 4.53. The summed E-state index contributed by atoms with van der Waals surface area (Å²) in [5, 5.41) is 7.23. The Balaban J connectivity index is 1.14. The lowest BCUT2D eigenvalue weighted by molar-refractivity contribution is -0.126. The summed E-state index contributed by atoms with van der Waals surface area (Å²) in [6.45, 7) is 5.86. The number of ether oxygens (including phenoxy) is 1. The predicted molar refractivity (Wildman–Crippen MR) is 118 cm³/mol. The molecule has 4 rings (SSSR count). The molecule has 0 bridgehead atoms. The maximum Gasteiger partial charge on any atom is 0.241 e. The van der Waals surface area contributed by atoms with Crippen molar-refractivity contribution in [3.63, 3.8) is 0 Å². The first-order valence-corrected chi connectivity index (χ1v) is 11.7. The number of benzene rings is 1. The average Bonchev–Trinajstić information content (AvgIpc) is 3.47. The van der Waals surface area contributed by atoms with Crippen molar-refractivity contribution in [2.45, 2.75) is 64.5 Å². The lowest BCUT2D eigenvalue weighted by Gasteiger charge is -2.30. The molecule has 2 fully saturated rings. The van der Waals surface area contributed by atoms with Crippen molar-refractivity contribution in [2.24, 2.45) is 5.92 Å². The molecule has 31 heavy (non-hydrogen) atoms. The molecule has 0 spiro atoms. The van der Waals surface area contributed by atoms with Gasteiger partial charge in [0.25, 0.3) is 0 Å². The first kappa shape index (κ1) is 22.0. The molecule has 1 saturated carbocycles. The van der Waals surface area contributed by atoms with Crippen LogP contribution in [0.4, 0.5) is 0 Å². The van der Waals surface area contributed by atoms with Gasteiger partial charge in [-0.3, -0.25) is 9.69 Å². The summed E-state index contributed by atoms with van der Waals surface area (Å²) < 4.78 is 11.3. The highest BCUT2D eigenvalue weighted by molar-refractivity contribution is 5.78. The van der Waals surface area contributed by atoms with E-state index in [1.165, 1.54) is 25.7 Å². The number of piperidine rings is 1. The van der Waals surface area contributed by atoms with Crippen molar-refractivity contribution in [3.05, 3.63) is 35.7 Å². The molecule has 2 aromatic rings. The SMILES string of the molecule is Cc1ccccc1-c1noc(CN2CCC(C(=O)NCCCOC3CCCC3)CC2)n1. The lowest BCUT2D eigenvalue weighted by atomic mass is 9.96. The summed E-state index contributed by atoms with van der Waals surface area (Å²) in [6.07, 6.45) is 8.05. The highest BCUT2D eigenvalue weighted by Crippen LogP contribution is 2.23. The molecule has 1 aliphatic carbocycles. The summed E-state index contributed by atoms with van der Waals surface area (Å²) in [5.41, 5.74) is 2.13. The minimum Gasteiger partial charge on any atom is -0.378 e. The van der Waals surface area contributed by atoms with Crippen molar-refractivity contribution >= 4 is 5.91 Å². The van der Waals surface area contributed by atoms with Crippen LogP contribution in [-0.4, -0.2) is 53.3 Å². The summed E-state index contributed by atoms with van der Waals surface area (Å²) >= 11 is 0. The number of carbonyl (C=O) groups is 1. The molecule has 1 aromatic heterocycles. The number of aryl methyl sites for hydroxylation is 1. The van der Waals surface area contributed by atoms with Gasteiger partial charge in [0.1, 0.15) is 0 Å². The Morgan fingerprint density at radius 2 is 1.97 bits per heavy atom. The summed E-state index contributed by atoms with van der Waals surface area (Å²) in [6, 6.07) is 8.04. The van der Waals surface area contributed by atoms with Gasteiger partial charge in [-0.2, -0.15) is 4.98 Å². The highest BCUT2D eigenvalue weighted by Gasteiger charge is 2.26. The van der Waals surface area contributed by atoms with Crippen LogP contribution in [-0.2, 0) is 16.1 Å². The van der Waals surface area contributed by atoms with Crippen LogP contribution in [0.25, 0.3) is 11.4 Å². The number of aromatic nitrogens is 2. The number of likely N-dealkylation sites (tertiary alicyclic amines) is 1. The molecule has 1 saturated heterocycles. The molecule has 2 aliphatic rings. The van der Waals surface area contributed by atoms with Crippen LogP contribution in [0.2, 0.25) is 0 Å². The molecule has 0 radical (unpaired) electrons. The zero-order valence-electron chi connectivity index (χ0n) is 18.5. The van der Waals surface area contributed by atoms with E-state index in [0.29, 0.717) is 30.9 Å². The van der Waals surface area contributed by atoms with Gasteiger partial charge in [-0.05, 0) is 57.7 Å². The van der Waals surface area contributed by atoms with Crippen LogP contribution in [0.3, 0.4) is 0 Å². The maximum absolute atomic E-state index is 12.5. The van der Waals surface area contributed by atoms with Crippen LogP contribution in [0, 0.1) is 12.8 Å². The van der Waals surface area contributed by atoms with E-state index >= 15 is 0 Å². The highest BCUT2D eigenvalue weighted by atomic mass is 16.5. The van der Waals surface area contributed by atoms with Crippen molar-refractivity contribution in [1.29, 1.82) is 0 Å². The van der Waals surface area contributed by atoms with Crippen molar-refractivity contribution in [1.82, 2.24) is 20.4 Å². The van der Waals surface area contributed by atoms with Crippen molar-refractivity contribution in [3.8, 4) is 11.4 Å². The van der Waals surface area contributed by atoms with E-state index in [1.54, 1.807) is 0 Å². The van der Waals surface area contributed by atoms with Gasteiger partial charge in [0.15, 0.2) is 0 Å². The van der Waals surface area contributed by atoms with Gasteiger partial charge < -0.3 is 14.6 Å². The molecular formula is C24H34N4O3. The van der Waals surface area contributed by atoms with E-state index in [-0.39, 0.29) is 11.8 Å². The number of amides is 1. The molecule has 1 aliphatic heterocycles. The third kappa shape index (κ3) is 6.14. The van der Waals surface area contributed by atoms with Gasteiger partial charge in [0.05, 0.1) is 12.6 Å². The predicted octanol–water partition coefficient (Wildman–Crippen LogP) is 3.72. The summed E-state index contributed by atoms with van der Waals surface area (Å²) in [5.74, 6) is 1.54. The zero-order chi connectivity index (χ0) is 21.5. The van der Waals surface area contributed by atoms with E-state index in [1.807, 2.05) is 31.2 Å². The molecular weight excluding hydrogens is 392 g/mol. The second-order valence-corrected chi connectivity index (χ2v) is 8.80. The average molecular weight is 427 g/mol. The maximum atomic E-state index is 12.5. The summed E-state index contributed by atoms with van der Waals surface area (Å²) in [4.78, 5) is 19.3. The minimum atomic E-state index is 0.0946. The number of nitrogens with zero attached hydrogens (tertiary/aromatic N) is 3. The van der Waals surface area contributed by atoms with Gasteiger partial charge in [0.2, 0.25) is 17.6 Å². The number of rotatable bonds is 9. The monoisotopic (exact) mass is 426 g/mol. The van der Waals surface area contributed by atoms with Gasteiger partial charge >= 0.3 is 0 Å². The van der Waals surface area contributed by atoms with Crippen molar-refractivity contribution in [2.75, 3.05) is 26.2 Å². The Morgan fingerprint density at radius 3 is 2.74 bits per heavy atom. The Morgan fingerprint density at radius 1 is 1.19 bits per heavy atom. The molecule has 2 heterocycles. The first-order chi connectivity index (χ1) is 15.2. The van der Waals surface area contributed by atoms with Crippen LogP contribution < -0.4 is 5.32 Å². The second-order valence-electron chi connectivity index (χ2n) is 8.80. The first-order valence-electron chi connectivity index (χ1n) is 11.7. The molecule has 168 valence electrons. The van der Waals surface area contributed by atoms with Gasteiger partial charge in [-0.15, -0.1) is 0 Å². The fraction of sp³-hybridized carbons (Fsp3) is 0.625. The molecule has 1 N–H and O–H groups in total. The third-order valence-corrected chi connectivity index (χ3v) is 6.45. The van der Waals surface area contributed by atoms with Gasteiger partial charge in [0, 0.05) is 24.6 Å². The second kappa shape index (κ2) is 10.9. The third-order valence-electron chi connectivity index (χ3n) is 6.45. The van der Waals surface area contributed by atoms with Crippen LogP contribution in [0.15, 0.2) is 28.8 Å². The zero-order valence-corrected chi connectivity index (χ0v) is 18.5. The van der Waals surface area contributed by atoms with E-state index in [0.717, 1.165) is 50.1 Å². The largest absolute Gasteiger partial charge is 0.378 e. The molecule has 0 atom stereocenters. The Kier molecular flexibility index (Phi) is 7.70. The fourth-order valence-corrected chi connectivity index (χ4v) is 4.53. The lowest BCUT2D eigenvalue weighted by Crippen LogP contribution is -2.40. The molecule has 1 aromatic carbocycles. The van der Waals surface area contributed by atoms with E-state index in [4.69, 9.17) is 9.26 Å². The summed E-state index contributed by atoms with van der Waals surface area (Å²) in [7, 11) is 0. The molecule has 7 nitrogen and oxygen atoms in total. The number of nitrogens with one attached hydrogen (secondary N) is 1. The Bertz CT molecular complexity index is 839. The van der Waals surface area contributed by atoms with Crippen LogP contribution in [0.5, 0.6) is 0 Å². The van der Waals surface area contributed by atoms with Gasteiger partial charge in [-0.1, -0.05) is 42.3 Å². The van der Waals surface area contributed by atoms with Crippen LogP contribution in [0.1, 0.15) is 56.4 Å². The smallest absolute Gasteiger partial charge is 0.241 e. The molecule has 1 amide bonds. The van der Waals surface area contributed by atoms with E-state index < -0.39 is 0 Å². The standard InChI is InChI=1S/C24H34N4O3/c1-18-7-2-5-10-21(18)23-26-22(31-27-23)17-28-14-11-19(12-15-28)24(29)25-13-6-16-30-20-8-3-4-9-20/h2,5,7,10,19-20H,3-4,6,8-9,11-17H2,1H3,(H,25,29). The quantitative estimate of drug-likeness (QED) is 0.616. The Labute approximate surface area is 184 Å². The van der Waals surface area contributed by atoms with Crippen LogP contribution >= 0.6 is 0 Å². The topological polar surface area (TPSA) is 80.5 Å². The van der Waals surface area contributed by atoms with E-state index in [2.05, 4.69) is 20.4 Å². The van der Waals surface area contributed by atoms with Gasteiger partial charge in [-0.25, -0.2) is 0 Å². The normalized spacial score (nSPS) is 18.5. The number of hydrogen-bond donors (Lipinski definition) is 1. The Hall–Kier alpha value is -2.25. The van der Waals surface area contributed by atoms with E-state index in [9.17, 15) is 4.79 Å². The minimum absolute atomic E-state index is 0.0946. The number of hydrogen-bond acceptors (Lipinski definition) is 6. The molecule has 7 heteroatoms. The van der Waals surface area contributed by atoms with Crippen molar-refractivity contribution < 1.29 is 14.1 Å².